The maximum absolute atomic E-state index is 10.4. The van der Waals surface area contributed by atoms with Crippen LogP contribution in [0.3, 0.4) is 0 Å². The molecule has 0 radical (unpaired) electrons. The van der Waals surface area contributed by atoms with Gasteiger partial charge in [-0.05, 0) is 12.1 Å². The summed E-state index contributed by atoms with van der Waals surface area (Å²) in [5, 5.41) is 10.4. The van der Waals surface area contributed by atoms with E-state index in [0.29, 0.717) is 11.5 Å². The number of carbonyl (C=O) groups is 1. The third-order valence-electron chi connectivity index (χ3n) is 1.77. The van der Waals surface area contributed by atoms with E-state index in [2.05, 4.69) is 0 Å². The van der Waals surface area contributed by atoms with Gasteiger partial charge in [0.25, 0.3) is 0 Å². The van der Waals surface area contributed by atoms with E-state index >= 15 is 0 Å². The molecule has 1 aliphatic rings. The van der Waals surface area contributed by atoms with Crippen LogP contribution in [0.15, 0.2) is 24.3 Å². The molecule has 1 heterocycles. The van der Waals surface area contributed by atoms with E-state index in [1.165, 1.54) is 0 Å². The summed E-state index contributed by atoms with van der Waals surface area (Å²) < 4.78 is 10.3. The molecule has 0 bridgehead atoms. The number of aliphatic carboxylic acids is 1. The van der Waals surface area contributed by atoms with Crippen molar-refractivity contribution in [1.82, 2.24) is 0 Å². The fraction of sp³-hybridized carbons (Fsp3) is 0.222. The van der Waals surface area contributed by atoms with E-state index in [1.54, 1.807) is 24.3 Å². The van der Waals surface area contributed by atoms with Crippen molar-refractivity contribution in [2.24, 2.45) is 0 Å². The summed E-state index contributed by atoms with van der Waals surface area (Å²) >= 11 is 0. The van der Waals surface area contributed by atoms with Gasteiger partial charge in [-0.15, -0.1) is 0 Å². The molecule has 1 atom stereocenters. The van der Waals surface area contributed by atoms with E-state index in [1.807, 2.05) is 0 Å². The molecule has 1 aromatic carbocycles. The van der Waals surface area contributed by atoms with Gasteiger partial charge in [-0.25, -0.2) is 0 Å². The van der Waals surface area contributed by atoms with Gasteiger partial charge in [-0.3, -0.25) is 0 Å². The summed E-state index contributed by atoms with van der Waals surface area (Å²) in [5.74, 6) is -0.238. The summed E-state index contributed by atoms with van der Waals surface area (Å²) in [4.78, 5) is 10.4. The molecule has 0 aliphatic carbocycles. The zero-order chi connectivity index (χ0) is 9.26. The van der Waals surface area contributed by atoms with Crippen LogP contribution < -0.4 is 33.4 Å². The van der Waals surface area contributed by atoms with Crippen molar-refractivity contribution < 1.29 is 38.2 Å². The molecule has 0 saturated heterocycles. The third kappa shape index (κ3) is 2.03. The standard InChI is InChI=1S/C9H8O4.Li/c10-9(11)8-5-12-6-3-1-2-4-7(6)13-8;/h1-4,8H,5H2,(H,10,11);/q;+1/p-1. The van der Waals surface area contributed by atoms with Crippen molar-refractivity contribution in [3.8, 4) is 11.5 Å². The topological polar surface area (TPSA) is 58.6 Å². The van der Waals surface area contributed by atoms with Crippen LogP contribution in [0.2, 0.25) is 0 Å². The molecule has 0 fully saturated rings. The van der Waals surface area contributed by atoms with Gasteiger partial charge in [0.2, 0.25) is 0 Å². The van der Waals surface area contributed by atoms with Gasteiger partial charge in [0.05, 0.1) is 5.97 Å². The average Bonchev–Trinajstić information content (AvgIpc) is 2.17. The Morgan fingerprint density at radius 1 is 1.36 bits per heavy atom. The molecule has 0 aromatic heterocycles. The number of carboxylic acids is 1. The number of ether oxygens (including phenoxy) is 2. The molecule has 0 saturated carbocycles. The average molecular weight is 186 g/mol. The number of para-hydroxylation sites is 2. The first-order valence-electron chi connectivity index (χ1n) is 3.87. The van der Waals surface area contributed by atoms with Crippen LogP contribution >= 0.6 is 0 Å². The minimum absolute atomic E-state index is 0. The Balaban J connectivity index is 0.000000980. The van der Waals surface area contributed by atoms with Crippen LogP contribution in [0.25, 0.3) is 0 Å². The molecule has 1 unspecified atom stereocenters. The molecule has 1 aliphatic heterocycles. The second-order valence-electron chi connectivity index (χ2n) is 2.68. The Morgan fingerprint density at radius 3 is 2.64 bits per heavy atom. The Kier molecular flexibility index (Phi) is 3.45. The summed E-state index contributed by atoms with van der Waals surface area (Å²) in [7, 11) is 0. The molecule has 14 heavy (non-hydrogen) atoms. The summed E-state index contributed by atoms with van der Waals surface area (Å²) in [6, 6.07) is 6.92. The van der Waals surface area contributed by atoms with Gasteiger partial charge >= 0.3 is 18.9 Å². The molecule has 4 nitrogen and oxygen atoms in total. The Morgan fingerprint density at radius 2 is 2.00 bits per heavy atom. The zero-order valence-electron chi connectivity index (χ0n) is 7.73. The fourth-order valence-electron chi connectivity index (χ4n) is 1.14. The van der Waals surface area contributed by atoms with Crippen LogP contribution in [0.1, 0.15) is 0 Å². The van der Waals surface area contributed by atoms with E-state index < -0.39 is 12.1 Å². The first-order chi connectivity index (χ1) is 6.27. The molecule has 0 spiro atoms. The van der Waals surface area contributed by atoms with E-state index in [9.17, 15) is 9.90 Å². The molecule has 2 rings (SSSR count). The second-order valence-corrected chi connectivity index (χ2v) is 2.68. The summed E-state index contributed by atoms with van der Waals surface area (Å²) in [6.07, 6.45) is -1.00. The summed E-state index contributed by atoms with van der Waals surface area (Å²) in [5.41, 5.74) is 0. The van der Waals surface area contributed by atoms with E-state index in [0.717, 1.165) is 0 Å². The predicted octanol–water partition coefficient (Wildman–Crippen LogP) is -3.42. The van der Waals surface area contributed by atoms with Gasteiger partial charge < -0.3 is 19.4 Å². The molecule has 0 N–H and O–H groups in total. The van der Waals surface area contributed by atoms with E-state index in [4.69, 9.17) is 9.47 Å². The maximum Gasteiger partial charge on any atom is 1.00 e. The van der Waals surface area contributed by atoms with Crippen molar-refractivity contribution >= 4 is 5.97 Å². The predicted molar refractivity (Wildman–Crippen MR) is 41.4 cm³/mol. The molecule has 68 valence electrons. The molecule has 5 heteroatoms. The van der Waals surface area contributed by atoms with Crippen molar-refractivity contribution in [3.05, 3.63) is 24.3 Å². The fourth-order valence-corrected chi connectivity index (χ4v) is 1.14. The number of hydrogen-bond donors (Lipinski definition) is 0. The van der Waals surface area contributed by atoms with Crippen LogP contribution in [0.4, 0.5) is 0 Å². The molecule has 0 amide bonds. The zero-order valence-corrected chi connectivity index (χ0v) is 7.73. The van der Waals surface area contributed by atoms with Crippen LogP contribution in [0, 0.1) is 0 Å². The third-order valence-corrected chi connectivity index (χ3v) is 1.77. The largest absolute Gasteiger partial charge is 1.00 e. The van der Waals surface area contributed by atoms with Gasteiger partial charge in [0.15, 0.2) is 17.6 Å². The van der Waals surface area contributed by atoms with Gasteiger partial charge in [-0.2, -0.15) is 0 Å². The van der Waals surface area contributed by atoms with Crippen molar-refractivity contribution in [1.29, 1.82) is 0 Å². The van der Waals surface area contributed by atoms with Crippen LogP contribution in [0.5, 0.6) is 11.5 Å². The minimum Gasteiger partial charge on any atom is -0.546 e. The van der Waals surface area contributed by atoms with Crippen LogP contribution in [-0.2, 0) is 4.79 Å². The molecule has 1 aromatic rings. The van der Waals surface area contributed by atoms with Crippen molar-refractivity contribution in [2.75, 3.05) is 6.61 Å². The number of fused-ring (bicyclic) bond motifs is 1. The van der Waals surface area contributed by atoms with Gasteiger partial charge in [-0.1, -0.05) is 12.1 Å². The smallest absolute Gasteiger partial charge is 0.546 e. The Labute approximate surface area is 93.0 Å². The van der Waals surface area contributed by atoms with E-state index in [-0.39, 0.29) is 25.5 Å². The molecular formula is C9H7LiO4. The Bertz CT molecular complexity index is 339. The summed E-state index contributed by atoms with van der Waals surface area (Å²) in [6.45, 7) is -0.000648. The quantitative estimate of drug-likeness (QED) is 0.428. The number of hydrogen-bond acceptors (Lipinski definition) is 4. The van der Waals surface area contributed by atoms with Gasteiger partial charge in [0.1, 0.15) is 6.61 Å². The normalized spacial score (nSPS) is 18.1. The van der Waals surface area contributed by atoms with Crippen molar-refractivity contribution in [3.63, 3.8) is 0 Å². The Hall–Kier alpha value is -1.11. The number of carboxylic acid groups (broad SMARTS) is 1. The second kappa shape index (κ2) is 4.40. The van der Waals surface area contributed by atoms with Gasteiger partial charge in [0, 0.05) is 0 Å². The minimum atomic E-state index is -1.26. The number of carbonyl (C=O) groups excluding carboxylic acids is 1. The molecular weight excluding hydrogens is 179 g/mol. The van der Waals surface area contributed by atoms with Crippen LogP contribution in [-0.4, -0.2) is 18.7 Å². The van der Waals surface area contributed by atoms with Crippen molar-refractivity contribution in [2.45, 2.75) is 6.10 Å². The number of rotatable bonds is 1. The monoisotopic (exact) mass is 186 g/mol. The number of benzene rings is 1. The first-order valence-corrected chi connectivity index (χ1v) is 3.87. The first kappa shape index (κ1) is 11.0. The maximum atomic E-state index is 10.4. The SMILES string of the molecule is O=C([O-])C1COc2ccccc2O1.[Li+].